The molecule has 134 valence electrons. The Labute approximate surface area is 147 Å². The van der Waals surface area contributed by atoms with Crippen LogP contribution in [0.15, 0.2) is 36.9 Å². The summed E-state index contributed by atoms with van der Waals surface area (Å²) < 4.78 is 7.28. The van der Waals surface area contributed by atoms with Gasteiger partial charge in [-0.25, -0.2) is 14.5 Å². The lowest BCUT2D eigenvalue weighted by Gasteiger charge is -2.59. The smallest absolute Gasteiger partial charge is 0.315 e. The van der Waals surface area contributed by atoms with Gasteiger partial charge in [0.05, 0.1) is 11.3 Å². The van der Waals surface area contributed by atoms with Crippen molar-refractivity contribution in [1.29, 1.82) is 0 Å². The Morgan fingerprint density at radius 3 is 2.84 bits per heavy atom. The summed E-state index contributed by atoms with van der Waals surface area (Å²) in [7, 11) is 1.72. The van der Waals surface area contributed by atoms with Crippen LogP contribution < -0.4 is 10.6 Å². The molecule has 1 heterocycles. The molecular formula is C18H25N5O2. The lowest BCUT2D eigenvalue weighted by Crippen LogP contribution is -2.69. The first-order valence-electron chi connectivity index (χ1n) is 8.39. The summed E-state index contributed by atoms with van der Waals surface area (Å²) in [5, 5.41) is 10.1. The minimum Gasteiger partial charge on any atom is -0.378 e. The van der Waals surface area contributed by atoms with Crippen LogP contribution in [0, 0.1) is 5.41 Å². The molecule has 2 atom stereocenters. The van der Waals surface area contributed by atoms with Gasteiger partial charge in [0.1, 0.15) is 12.7 Å². The van der Waals surface area contributed by atoms with Gasteiger partial charge in [0, 0.05) is 25.1 Å². The third kappa shape index (κ3) is 3.24. The molecule has 1 aliphatic rings. The third-order valence-corrected chi connectivity index (χ3v) is 5.63. The van der Waals surface area contributed by atoms with Gasteiger partial charge >= 0.3 is 6.03 Å². The number of nitrogens with one attached hydrogen (secondary N) is 2. The molecule has 1 saturated carbocycles. The first kappa shape index (κ1) is 17.4. The highest BCUT2D eigenvalue weighted by Crippen LogP contribution is 2.51. The number of amides is 2. The molecule has 1 aromatic heterocycles. The van der Waals surface area contributed by atoms with E-state index in [0.717, 1.165) is 17.7 Å². The molecule has 2 N–H and O–H groups in total. The van der Waals surface area contributed by atoms with Crippen molar-refractivity contribution < 1.29 is 9.53 Å². The summed E-state index contributed by atoms with van der Waals surface area (Å²) in [5.74, 6) is 0. The molecule has 2 amide bonds. The van der Waals surface area contributed by atoms with E-state index in [4.69, 9.17) is 4.74 Å². The van der Waals surface area contributed by atoms with Crippen LogP contribution in [0.2, 0.25) is 0 Å². The normalized spacial score (nSPS) is 24.4. The van der Waals surface area contributed by atoms with Crippen molar-refractivity contribution in [1.82, 2.24) is 25.4 Å². The van der Waals surface area contributed by atoms with Crippen molar-refractivity contribution in [3.63, 3.8) is 0 Å². The van der Waals surface area contributed by atoms with Gasteiger partial charge in [0.15, 0.2) is 0 Å². The number of carbonyl (C=O) groups is 1. The van der Waals surface area contributed by atoms with Crippen LogP contribution >= 0.6 is 0 Å². The Balaban J connectivity index is 1.54. The number of rotatable bonds is 5. The number of ether oxygens (including phenoxy) is 1. The van der Waals surface area contributed by atoms with Crippen molar-refractivity contribution >= 4 is 6.03 Å². The van der Waals surface area contributed by atoms with Crippen molar-refractivity contribution in [2.75, 3.05) is 7.11 Å². The fraction of sp³-hybridized carbons (Fsp3) is 0.500. The van der Waals surface area contributed by atoms with E-state index >= 15 is 0 Å². The van der Waals surface area contributed by atoms with E-state index < -0.39 is 0 Å². The number of nitrogens with zero attached hydrogens (tertiary/aromatic N) is 3. The van der Waals surface area contributed by atoms with Gasteiger partial charge in [0.25, 0.3) is 0 Å². The van der Waals surface area contributed by atoms with E-state index in [-0.39, 0.29) is 23.1 Å². The molecule has 7 nitrogen and oxygen atoms in total. The monoisotopic (exact) mass is 343 g/mol. The average Bonchev–Trinajstić information content (AvgIpc) is 3.14. The van der Waals surface area contributed by atoms with E-state index in [9.17, 15) is 4.79 Å². The van der Waals surface area contributed by atoms with Crippen LogP contribution in [0.25, 0.3) is 5.69 Å². The maximum Gasteiger partial charge on any atom is 0.315 e. The lowest BCUT2D eigenvalue weighted by molar-refractivity contribution is -0.177. The summed E-state index contributed by atoms with van der Waals surface area (Å²) in [6, 6.07) is 7.76. The van der Waals surface area contributed by atoms with E-state index in [1.165, 1.54) is 6.33 Å². The molecule has 0 spiro atoms. The Morgan fingerprint density at radius 2 is 2.20 bits per heavy atom. The summed E-state index contributed by atoms with van der Waals surface area (Å²) in [4.78, 5) is 16.2. The first-order valence-corrected chi connectivity index (χ1v) is 8.39. The van der Waals surface area contributed by atoms with Gasteiger partial charge in [-0.15, -0.1) is 0 Å². The largest absolute Gasteiger partial charge is 0.378 e. The second kappa shape index (κ2) is 6.48. The Hall–Kier alpha value is -2.41. The molecule has 25 heavy (non-hydrogen) atoms. The minimum absolute atomic E-state index is 0.0962. The van der Waals surface area contributed by atoms with Crippen LogP contribution in [0.3, 0.4) is 0 Å². The Morgan fingerprint density at radius 1 is 1.40 bits per heavy atom. The number of methoxy groups -OCH3 is 1. The Bertz CT molecular complexity index is 744. The second-order valence-electron chi connectivity index (χ2n) is 7.25. The van der Waals surface area contributed by atoms with E-state index in [1.54, 1.807) is 18.1 Å². The summed E-state index contributed by atoms with van der Waals surface area (Å²) in [6.45, 7) is 6.76. The average molecular weight is 343 g/mol. The van der Waals surface area contributed by atoms with Gasteiger partial charge in [-0.05, 0) is 31.0 Å². The number of benzene rings is 1. The maximum atomic E-state index is 12.2. The number of urea groups is 1. The first-order chi connectivity index (χ1) is 11.9. The van der Waals surface area contributed by atoms with Crippen molar-refractivity contribution in [3.05, 3.63) is 42.5 Å². The lowest BCUT2D eigenvalue weighted by atomic mass is 9.56. The molecule has 0 aliphatic heterocycles. The molecule has 1 aromatic carbocycles. The zero-order chi connectivity index (χ0) is 18.1. The third-order valence-electron chi connectivity index (χ3n) is 5.63. The molecule has 0 bridgehead atoms. The summed E-state index contributed by atoms with van der Waals surface area (Å²) in [5.41, 5.74) is 1.61. The number of hydrogen-bond acceptors (Lipinski definition) is 4. The highest BCUT2D eigenvalue weighted by molar-refractivity contribution is 5.74. The van der Waals surface area contributed by atoms with E-state index in [0.29, 0.717) is 6.54 Å². The maximum absolute atomic E-state index is 12.2. The molecule has 0 unspecified atom stereocenters. The molecule has 1 fully saturated rings. The molecule has 3 rings (SSSR count). The fourth-order valence-corrected chi connectivity index (χ4v) is 3.27. The molecule has 0 radical (unpaired) electrons. The van der Waals surface area contributed by atoms with Crippen LogP contribution in [0.4, 0.5) is 4.79 Å². The van der Waals surface area contributed by atoms with Crippen LogP contribution in [-0.4, -0.2) is 39.5 Å². The molecule has 1 aliphatic carbocycles. The van der Waals surface area contributed by atoms with Crippen LogP contribution in [0.5, 0.6) is 0 Å². The summed E-state index contributed by atoms with van der Waals surface area (Å²) in [6.07, 6.45) is 3.95. The topological polar surface area (TPSA) is 81.1 Å². The van der Waals surface area contributed by atoms with Crippen molar-refractivity contribution in [2.24, 2.45) is 5.41 Å². The molecule has 2 aromatic rings. The SMILES string of the molecule is CO[C@@]1(C)C[C@@H](NC(=O)NCc2cccc(-n3cncn3)c2)C1(C)C. The van der Waals surface area contributed by atoms with Crippen molar-refractivity contribution in [2.45, 2.75) is 45.4 Å². The zero-order valence-electron chi connectivity index (χ0n) is 15.1. The van der Waals surface area contributed by atoms with E-state index in [1.807, 2.05) is 24.3 Å². The predicted molar refractivity (Wildman–Crippen MR) is 94.3 cm³/mol. The van der Waals surface area contributed by atoms with Crippen molar-refractivity contribution in [3.8, 4) is 5.69 Å². The Kier molecular flexibility index (Phi) is 4.51. The second-order valence-corrected chi connectivity index (χ2v) is 7.25. The highest BCUT2D eigenvalue weighted by atomic mass is 16.5. The number of aromatic nitrogens is 3. The van der Waals surface area contributed by atoms with E-state index in [2.05, 4.69) is 41.5 Å². The minimum atomic E-state index is -0.197. The van der Waals surface area contributed by atoms with Crippen LogP contribution in [-0.2, 0) is 11.3 Å². The predicted octanol–water partition coefficient (Wildman–Crippen LogP) is 2.27. The number of carbonyl (C=O) groups excluding carboxylic acids is 1. The standard InChI is InChI=1S/C18H25N5O2/c1-17(2)15(9-18(17,3)25-4)22-16(24)20-10-13-6-5-7-14(8-13)23-12-19-11-21-23/h5-8,11-12,15H,9-10H2,1-4H3,(H2,20,22,24)/t15-,18+/m1/s1. The van der Waals surface area contributed by atoms with Gasteiger partial charge in [0.2, 0.25) is 0 Å². The molecular weight excluding hydrogens is 318 g/mol. The molecule has 0 saturated heterocycles. The van der Waals surface area contributed by atoms with Gasteiger partial charge in [-0.3, -0.25) is 0 Å². The van der Waals surface area contributed by atoms with Gasteiger partial charge < -0.3 is 15.4 Å². The van der Waals surface area contributed by atoms with Crippen LogP contribution in [0.1, 0.15) is 32.8 Å². The highest BCUT2D eigenvalue weighted by Gasteiger charge is 2.58. The fourth-order valence-electron chi connectivity index (χ4n) is 3.27. The molecule has 7 heteroatoms. The summed E-state index contributed by atoms with van der Waals surface area (Å²) >= 11 is 0. The van der Waals surface area contributed by atoms with Gasteiger partial charge in [-0.1, -0.05) is 26.0 Å². The zero-order valence-corrected chi connectivity index (χ0v) is 15.1. The number of hydrogen-bond donors (Lipinski definition) is 2. The quantitative estimate of drug-likeness (QED) is 0.873. The van der Waals surface area contributed by atoms with Gasteiger partial charge in [-0.2, -0.15) is 5.10 Å².